The van der Waals surface area contributed by atoms with E-state index in [1.165, 1.54) is 38.2 Å². The minimum Gasteiger partial charge on any atom is -0.310 e. The fourth-order valence-corrected chi connectivity index (χ4v) is 11.0. The molecule has 0 unspecified atom stereocenters. The quantitative estimate of drug-likeness (QED) is 0.120. The third-order valence-electron chi connectivity index (χ3n) is 13.9. The van der Waals surface area contributed by atoms with Gasteiger partial charge in [0.05, 0.1) is 39.1 Å². The zero-order chi connectivity index (χ0) is 47.1. The maximum absolute atomic E-state index is 2.52. The van der Waals surface area contributed by atoms with Gasteiger partial charge in [0, 0.05) is 55.9 Å². The zero-order valence-electron chi connectivity index (χ0n) is 39.0. The normalized spacial score (nSPS) is 11.5. The van der Waals surface area contributed by atoms with Crippen molar-refractivity contribution in [3.05, 3.63) is 302 Å². The Labute approximate surface area is 413 Å². The SMILES string of the molecule is c1ccc(C(c2ccccc2)c2cc(N(c3ccccc3)c3ccccc3)cc3c2c2ccccc2n3-c2cc(N(c3ccccc3)c3ccccc3)cc(-n3c4ccccc4c4ccccc43)c2)cc1. The molecule has 11 aromatic carbocycles. The lowest BCUT2D eigenvalue weighted by molar-refractivity contribution is 0.988. The van der Waals surface area contributed by atoms with Gasteiger partial charge in [0.1, 0.15) is 0 Å². The van der Waals surface area contributed by atoms with Gasteiger partial charge in [-0.15, -0.1) is 0 Å². The maximum Gasteiger partial charge on any atom is 0.0565 e. The molecule has 0 spiro atoms. The smallest absolute Gasteiger partial charge is 0.0565 e. The van der Waals surface area contributed by atoms with Gasteiger partial charge in [-0.25, -0.2) is 0 Å². The summed E-state index contributed by atoms with van der Waals surface area (Å²) in [6, 6.07) is 104. The number of benzene rings is 11. The summed E-state index contributed by atoms with van der Waals surface area (Å²) < 4.78 is 4.97. The molecular weight excluding hydrogens is 861 g/mol. The summed E-state index contributed by atoms with van der Waals surface area (Å²) in [4.78, 5) is 4.80. The average molecular weight is 909 g/mol. The number of para-hydroxylation sites is 7. The molecule has 0 amide bonds. The van der Waals surface area contributed by atoms with Crippen LogP contribution < -0.4 is 9.80 Å². The summed E-state index contributed by atoms with van der Waals surface area (Å²) in [6.07, 6.45) is 0. The molecule has 71 heavy (non-hydrogen) atoms. The molecule has 0 N–H and O–H groups in total. The first-order chi connectivity index (χ1) is 35.3. The molecule has 13 rings (SSSR count). The van der Waals surface area contributed by atoms with Crippen molar-refractivity contribution in [2.45, 2.75) is 5.92 Å². The van der Waals surface area contributed by atoms with E-state index in [0.717, 1.165) is 67.6 Å². The Morgan fingerprint density at radius 1 is 0.254 bits per heavy atom. The summed E-state index contributed by atoms with van der Waals surface area (Å²) in [7, 11) is 0. The van der Waals surface area contributed by atoms with E-state index >= 15 is 0 Å². The third kappa shape index (κ3) is 7.41. The van der Waals surface area contributed by atoms with E-state index in [0.29, 0.717) is 0 Å². The molecule has 4 heteroatoms. The van der Waals surface area contributed by atoms with Crippen LogP contribution >= 0.6 is 0 Å². The van der Waals surface area contributed by atoms with Crippen molar-refractivity contribution in [2.24, 2.45) is 0 Å². The minimum atomic E-state index is -0.0846. The van der Waals surface area contributed by atoms with Gasteiger partial charge in [0.15, 0.2) is 0 Å². The predicted molar refractivity (Wildman–Crippen MR) is 298 cm³/mol. The predicted octanol–water partition coefficient (Wildman–Crippen LogP) is 18.0. The fraction of sp³-hybridized carbons (Fsp3) is 0.0149. The lowest BCUT2D eigenvalue weighted by atomic mass is 9.82. The Balaban J connectivity index is 1.18. The average Bonchev–Trinajstić information content (AvgIpc) is 3.96. The topological polar surface area (TPSA) is 16.3 Å². The number of rotatable bonds is 11. The summed E-state index contributed by atoms with van der Waals surface area (Å²) in [6.45, 7) is 0. The van der Waals surface area contributed by atoms with Crippen molar-refractivity contribution in [3.8, 4) is 11.4 Å². The van der Waals surface area contributed by atoms with Crippen molar-refractivity contribution < 1.29 is 0 Å². The molecule has 0 radical (unpaired) electrons. The molecule has 0 bridgehead atoms. The van der Waals surface area contributed by atoms with Gasteiger partial charge in [-0.1, -0.05) is 188 Å². The second kappa shape index (κ2) is 17.9. The van der Waals surface area contributed by atoms with Crippen molar-refractivity contribution in [3.63, 3.8) is 0 Å². The van der Waals surface area contributed by atoms with E-state index in [9.17, 15) is 0 Å². The molecular formula is C67H48N4. The van der Waals surface area contributed by atoms with Crippen LogP contribution in [0.2, 0.25) is 0 Å². The molecule has 2 heterocycles. The molecule has 0 saturated heterocycles. The van der Waals surface area contributed by atoms with Gasteiger partial charge < -0.3 is 18.9 Å². The summed E-state index contributed by atoms with van der Waals surface area (Å²) in [5, 5.41) is 4.85. The molecule has 13 aromatic rings. The van der Waals surface area contributed by atoms with Crippen LogP contribution in [-0.4, -0.2) is 9.13 Å². The lowest BCUT2D eigenvalue weighted by Gasteiger charge is -2.29. The summed E-state index contributed by atoms with van der Waals surface area (Å²) >= 11 is 0. The number of fused-ring (bicyclic) bond motifs is 6. The number of nitrogens with zero attached hydrogens (tertiary/aromatic N) is 4. The molecule has 0 fully saturated rings. The van der Waals surface area contributed by atoms with Gasteiger partial charge in [0.25, 0.3) is 0 Å². The second-order valence-electron chi connectivity index (χ2n) is 18.1. The number of hydrogen-bond acceptors (Lipinski definition) is 2. The van der Waals surface area contributed by atoms with E-state index in [1.807, 2.05) is 0 Å². The van der Waals surface area contributed by atoms with Crippen molar-refractivity contribution >= 4 is 77.7 Å². The van der Waals surface area contributed by atoms with Crippen molar-refractivity contribution in [1.29, 1.82) is 0 Å². The molecule has 0 saturated carbocycles. The number of aromatic nitrogens is 2. The van der Waals surface area contributed by atoms with Gasteiger partial charge in [-0.2, -0.15) is 0 Å². The van der Waals surface area contributed by atoms with E-state index in [-0.39, 0.29) is 5.92 Å². The molecule has 0 aliphatic rings. The number of hydrogen-bond donors (Lipinski definition) is 0. The first-order valence-corrected chi connectivity index (χ1v) is 24.4. The van der Waals surface area contributed by atoms with Crippen molar-refractivity contribution in [2.75, 3.05) is 9.80 Å². The Hall–Kier alpha value is -9.38. The monoisotopic (exact) mass is 908 g/mol. The van der Waals surface area contributed by atoms with E-state index in [1.54, 1.807) is 0 Å². The van der Waals surface area contributed by atoms with E-state index in [2.05, 4.69) is 304 Å². The highest BCUT2D eigenvalue weighted by molar-refractivity contribution is 6.13. The third-order valence-corrected chi connectivity index (χ3v) is 13.9. The molecule has 0 aliphatic carbocycles. The van der Waals surface area contributed by atoms with Crippen LogP contribution in [0.4, 0.5) is 34.1 Å². The van der Waals surface area contributed by atoms with Gasteiger partial charge in [-0.05, 0) is 114 Å². The van der Waals surface area contributed by atoms with Crippen LogP contribution in [0, 0.1) is 0 Å². The van der Waals surface area contributed by atoms with E-state index < -0.39 is 0 Å². The Morgan fingerprint density at radius 2 is 0.577 bits per heavy atom. The van der Waals surface area contributed by atoms with Crippen LogP contribution in [0.3, 0.4) is 0 Å². The zero-order valence-corrected chi connectivity index (χ0v) is 39.0. The maximum atomic E-state index is 2.52. The standard InChI is InChI=1S/C67H48N4/c1-7-25-48(26-8-1)66(49-27-9-2-10-28-49)61-46-57(69(52-33-15-5-16-34-52)53-35-17-6-18-36-53)47-65-67(61)60-39-21-24-42-64(60)71(65)56-44-54(68(50-29-11-3-12-30-50)51-31-13-4-14-32-51)43-55(45-56)70-62-40-22-19-37-58(62)59-38-20-23-41-63(59)70/h1-47,66H. The number of anilines is 6. The van der Waals surface area contributed by atoms with Crippen LogP contribution in [0.15, 0.2) is 285 Å². The minimum absolute atomic E-state index is 0.0846. The van der Waals surface area contributed by atoms with Gasteiger partial charge >= 0.3 is 0 Å². The van der Waals surface area contributed by atoms with Gasteiger partial charge in [0.2, 0.25) is 0 Å². The molecule has 0 aliphatic heterocycles. The summed E-state index contributed by atoms with van der Waals surface area (Å²) in [5.74, 6) is -0.0846. The van der Waals surface area contributed by atoms with Crippen LogP contribution in [0.25, 0.3) is 55.0 Å². The molecule has 4 nitrogen and oxygen atoms in total. The molecule has 2 aromatic heterocycles. The van der Waals surface area contributed by atoms with Crippen LogP contribution in [-0.2, 0) is 0 Å². The van der Waals surface area contributed by atoms with Crippen molar-refractivity contribution in [1.82, 2.24) is 9.13 Å². The van der Waals surface area contributed by atoms with Crippen LogP contribution in [0.5, 0.6) is 0 Å². The Kier molecular flexibility index (Phi) is 10.6. The molecule has 0 atom stereocenters. The van der Waals surface area contributed by atoms with Gasteiger partial charge in [-0.3, -0.25) is 0 Å². The van der Waals surface area contributed by atoms with E-state index in [4.69, 9.17) is 0 Å². The highest BCUT2D eigenvalue weighted by Gasteiger charge is 2.27. The largest absolute Gasteiger partial charge is 0.310 e. The summed E-state index contributed by atoms with van der Waals surface area (Å²) in [5.41, 5.74) is 16.8. The highest BCUT2D eigenvalue weighted by Crippen LogP contribution is 2.47. The Morgan fingerprint density at radius 3 is 1.00 bits per heavy atom. The Bertz CT molecular complexity index is 3810. The lowest BCUT2D eigenvalue weighted by Crippen LogP contribution is -2.12. The fourth-order valence-electron chi connectivity index (χ4n) is 11.0. The molecule has 336 valence electrons. The first-order valence-electron chi connectivity index (χ1n) is 24.4. The van der Waals surface area contributed by atoms with Crippen LogP contribution in [0.1, 0.15) is 22.6 Å². The highest BCUT2D eigenvalue weighted by atomic mass is 15.2. The first kappa shape index (κ1) is 41.8. The second-order valence-corrected chi connectivity index (χ2v) is 18.1.